The van der Waals surface area contributed by atoms with Crippen molar-refractivity contribution in [3.05, 3.63) is 59.4 Å². The zero-order valence-electron chi connectivity index (χ0n) is 13.7. The van der Waals surface area contributed by atoms with Crippen LogP contribution in [0.15, 0.2) is 36.7 Å². The van der Waals surface area contributed by atoms with Crippen LogP contribution in [0.1, 0.15) is 42.5 Å². The van der Waals surface area contributed by atoms with Gasteiger partial charge in [-0.15, -0.1) is 0 Å². The Morgan fingerprint density at radius 3 is 2.62 bits per heavy atom. The van der Waals surface area contributed by atoms with Crippen LogP contribution >= 0.6 is 0 Å². The Morgan fingerprint density at radius 2 is 2.04 bits per heavy atom. The first-order valence-corrected chi connectivity index (χ1v) is 7.39. The number of hydrogen-bond donors (Lipinski definition) is 2. The lowest BCUT2D eigenvalue weighted by Gasteiger charge is -2.26. The number of nitrogens with one attached hydrogen (secondary N) is 1. The van der Waals surface area contributed by atoms with Crippen molar-refractivity contribution in [3.8, 4) is 11.8 Å². The standard InChI is InChI=1S/C18H18FN3O2/c1-12(18(2,3)24)22-17(23)16-9-7-13(11-21-16)6-8-15-14(19)5-4-10-20-15/h4-5,7,9-12,24H,1-3H3,(H,22,23)/t12-/m1/s1. The molecule has 2 aromatic heterocycles. The molecular weight excluding hydrogens is 309 g/mol. The molecule has 0 fully saturated rings. The molecule has 0 saturated heterocycles. The predicted molar refractivity (Wildman–Crippen MR) is 87.6 cm³/mol. The lowest BCUT2D eigenvalue weighted by Crippen LogP contribution is -2.47. The molecule has 0 aliphatic rings. The lowest BCUT2D eigenvalue weighted by atomic mass is 10.0. The SMILES string of the molecule is C[C@@H](NC(=O)c1ccc(C#Cc2ncccc2F)cn1)C(C)(C)O. The van der Waals surface area contributed by atoms with Crippen molar-refractivity contribution in [1.82, 2.24) is 15.3 Å². The van der Waals surface area contributed by atoms with Crippen molar-refractivity contribution < 1.29 is 14.3 Å². The highest BCUT2D eigenvalue weighted by Gasteiger charge is 2.24. The number of carbonyl (C=O) groups is 1. The van der Waals surface area contributed by atoms with Crippen molar-refractivity contribution in [2.45, 2.75) is 32.4 Å². The van der Waals surface area contributed by atoms with E-state index >= 15 is 0 Å². The topological polar surface area (TPSA) is 75.1 Å². The zero-order valence-corrected chi connectivity index (χ0v) is 13.7. The molecule has 2 aromatic rings. The number of amides is 1. The molecule has 0 radical (unpaired) electrons. The summed E-state index contributed by atoms with van der Waals surface area (Å²) in [5.74, 6) is 4.49. The maximum absolute atomic E-state index is 13.4. The average molecular weight is 327 g/mol. The summed E-state index contributed by atoms with van der Waals surface area (Å²) >= 11 is 0. The fourth-order valence-corrected chi connectivity index (χ4v) is 1.66. The molecule has 0 saturated carbocycles. The lowest BCUT2D eigenvalue weighted by molar-refractivity contribution is 0.0407. The number of aromatic nitrogens is 2. The second kappa shape index (κ2) is 7.20. The molecule has 2 N–H and O–H groups in total. The molecular formula is C18H18FN3O2. The molecule has 0 unspecified atom stereocenters. The van der Waals surface area contributed by atoms with E-state index < -0.39 is 17.5 Å². The molecule has 24 heavy (non-hydrogen) atoms. The highest BCUT2D eigenvalue weighted by atomic mass is 19.1. The maximum atomic E-state index is 13.4. The highest BCUT2D eigenvalue weighted by molar-refractivity contribution is 5.92. The quantitative estimate of drug-likeness (QED) is 0.845. The summed E-state index contributed by atoms with van der Waals surface area (Å²) < 4.78 is 13.4. The molecule has 0 aromatic carbocycles. The van der Waals surface area contributed by atoms with E-state index in [-0.39, 0.29) is 17.3 Å². The van der Waals surface area contributed by atoms with Crippen molar-refractivity contribution in [1.29, 1.82) is 0 Å². The predicted octanol–water partition coefficient (Wildman–Crippen LogP) is 1.90. The number of halogens is 1. The van der Waals surface area contributed by atoms with Gasteiger partial charge in [0.1, 0.15) is 11.4 Å². The number of carbonyl (C=O) groups excluding carboxylic acids is 1. The molecule has 1 amide bonds. The third-order valence-corrected chi connectivity index (χ3v) is 3.49. The molecule has 0 bridgehead atoms. The largest absolute Gasteiger partial charge is 0.388 e. The Hall–Kier alpha value is -2.78. The normalized spacial score (nSPS) is 12.0. The van der Waals surface area contributed by atoms with Gasteiger partial charge in [-0.3, -0.25) is 4.79 Å². The molecule has 6 heteroatoms. The minimum Gasteiger partial charge on any atom is -0.388 e. The first kappa shape index (κ1) is 17.6. The fourth-order valence-electron chi connectivity index (χ4n) is 1.66. The Labute approximate surface area is 140 Å². The molecule has 0 spiro atoms. The number of rotatable bonds is 3. The Balaban J connectivity index is 2.09. The maximum Gasteiger partial charge on any atom is 0.270 e. The van der Waals surface area contributed by atoms with Gasteiger partial charge in [-0.2, -0.15) is 0 Å². The minimum absolute atomic E-state index is 0.0540. The Kier molecular flexibility index (Phi) is 5.27. The van der Waals surface area contributed by atoms with Crippen LogP contribution in [-0.2, 0) is 0 Å². The molecule has 0 aliphatic carbocycles. The summed E-state index contributed by atoms with van der Waals surface area (Å²) in [6.07, 6.45) is 2.89. The summed E-state index contributed by atoms with van der Waals surface area (Å²) in [6, 6.07) is 5.48. The van der Waals surface area contributed by atoms with Gasteiger partial charge in [-0.05, 0) is 51.0 Å². The average Bonchev–Trinajstić information content (AvgIpc) is 2.53. The number of pyridine rings is 2. The summed E-state index contributed by atoms with van der Waals surface area (Å²) in [4.78, 5) is 19.9. The van der Waals surface area contributed by atoms with E-state index in [0.717, 1.165) is 0 Å². The van der Waals surface area contributed by atoms with Crippen LogP contribution in [0.25, 0.3) is 0 Å². The highest BCUT2D eigenvalue weighted by Crippen LogP contribution is 2.09. The zero-order chi connectivity index (χ0) is 17.7. The first-order valence-electron chi connectivity index (χ1n) is 7.39. The molecule has 1 atom stereocenters. The van der Waals surface area contributed by atoms with Crippen LogP contribution < -0.4 is 5.32 Å². The Morgan fingerprint density at radius 1 is 1.29 bits per heavy atom. The second-order valence-electron chi connectivity index (χ2n) is 5.86. The third-order valence-electron chi connectivity index (χ3n) is 3.49. The van der Waals surface area contributed by atoms with E-state index in [0.29, 0.717) is 5.56 Å². The minimum atomic E-state index is -1.03. The van der Waals surface area contributed by atoms with Crippen LogP contribution in [0.5, 0.6) is 0 Å². The van der Waals surface area contributed by atoms with Crippen LogP contribution in [0.3, 0.4) is 0 Å². The summed E-state index contributed by atoms with van der Waals surface area (Å²) in [5.41, 5.74) is -0.237. The number of nitrogens with zero attached hydrogens (tertiary/aromatic N) is 2. The number of aliphatic hydroxyl groups is 1. The number of hydrogen-bond acceptors (Lipinski definition) is 4. The van der Waals surface area contributed by atoms with Gasteiger partial charge in [0.25, 0.3) is 5.91 Å². The van der Waals surface area contributed by atoms with Crippen LogP contribution in [0, 0.1) is 17.7 Å². The van der Waals surface area contributed by atoms with Crippen molar-refractivity contribution in [2.75, 3.05) is 0 Å². The molecule has 2 rings (SSSR count). The summed E-state index contributed by atoms with van der Waals surface area (Å²) in [7, 11) is 0. The van der Waals surface area contributed by atoms with Gasteiger partial charge in [0.15, 0.2) is 5.82 Å². The molecule has 124 valence electrons. The molecule has 5 nitrogen and oxygen atoms in total. The van der Waals surface area contributed by atoms with E-state index in [1.165, 1.54) is 30.6 Å². The van der Waals surface area contributed by atoms with E-state index in [1.807, 2.05) is 0 Å². The van der Waals surface area contributed by atoms with E-state index in [2.05, 4.69) is 27.1 Å². The molecule has 0 aliphatic heterocycles. The van der Waals surface area contributed by atoms with Gasteiger partial charge in [0, 0.05) is 18.0 Å². The van der Waals surface area contributed by atoms with Gasteiger partial charge in [0.2, 0.25) is 0 Å². The van der Waals surface area contributed by atoms with E-state index in [4.69, 9.17) is 0 Å². The van der Waals surface area contributed by atoms with Crippen molar-refractivity contribution >= 4 is 5.91 Å². The van der Waals surface area contributed by atoms with Crippen molar-refractivity contribution in [3.63, 3.8) is 0 Å². The summed E-state index contributed by atoms with van der Waals surface area (Å²) in [5, 5.41) is 12.5. The van der Waals surface area contributed by atoms with Gasteiger partial charge >= 0.3 is 0 Å². The van der Waals surface area contributed by atoms with Crippen LogP contribution in [-0.4, -0.2) is 32.6 Å². The smallest absolute Gasteiger partial charge is 0.270 e. The van der Waals surface area contributed by atoms with Crippen LogP contribution in [0.4, 0.5) is 4.39 Å². The van der Waals surface area contributed by atoms with Gasteiger partial charge in [0.05, 0.1) is 11.6 Å². The van der Waals surface area contributed by atoms with Gasteiger partial charge in [-0.25, -0.2) is 14.4 Å². The van der Waals surface area contributed by atoms with Gasteiger partial charge < -0.3 is 10.4 Å². The monoisotopic (exact) mass is 327 g/mol. The first-order chi connectivity index (χ1) is 11.3. The summed E-state index contributed by atoms with van der Waals surface area (Å²) in [6.45, 7) is 4.93. The molecule has 2 heterocycles. The van der Waals surface area contributed by atoms with Crippen molar-refractivity contribution in [2.24, 2.45) is 0 Å². The second-order valence-corrected chi connectivity index (χ2v) is 5.86. The van der Waals surface area contributed by atoms with Gasteiger partial charge in [-0.1, -0.05) is 5.92 Å². The van der Waals surface area contributed by atoms with Crippen LogP contribution in [0.2, 0.25) is 0 Å². The van der Waals surface area contributed by atoms with E-state index in [1.54, 1.807) is 26.8 Å². The third kappa shape index (κ3) is 4.61. The fraction of sp³-hybridized carbons (Fsp3) is 0.278. The van der Waals surface area contributed by atoms with E-state index in [9.17, 15) is 14.3 Å². The Bertz CT molecular complexity index is 786.